The lowest BCUT2D eigenvalue weighted by Crippen LogP contribution is -1.87. The number of fused-ring (bicyclic) bond motifs is 6. The van der Waals surface area contributed by atoms with Crippen LogP contribution in [0.25, 0.3) is 111 Å². The van der Waals surface area contributed by atoms with Crippen molar-refractivity contribution in [3.8, 4) is 72.8 Å². The van der Waals surface area contributed by atoms with Crippen molar-refractivity contribution in [3.63, 3.8) is 0 Å². The van der Waals surface area contributed by atoms with E-state index in [2.05, 4.69) is 164 Å². The van der Waals surface area contributed by atoms with Gasteiger partial charge in [-0.1, -0.05) is 152 Å². The maximum atomic E-state index is 10.1. The van der Waals surface area contributed by atoms with E-state index in [1.54, 1.807) is 0 Å². The summed E-state index contributed by atoms with van der Waals surface area (Å²) in [5.41, 5.74) is 17.1. The van der Waals surface area contributed by atoms with E-state index in [1.807, 2.05) is 42.5 Å². The highest BCUT2D eigenvalue weighted by Crippen LogP contribution is 2.40. The average Bonchev–Trinajstić information content (AvgIpc) is 3.88. The Labute approximate surface area is 335 Å². The Kier molecular flexibility index (Phi) is 7.88. The van der Waals surface area contributed by atoms with Crippen LogP contribution in [0.5, 0.6) is 0 Å². The van der Waals surface area contributed by atoms with Gasteiger partial charge >= 0.3 is 0 Å². The number of furan rings is 2. The standard InChI is InChI=1S/C55H33NO2/c56-34-35-28-44(33-45(29-35)47-19-9-21-51-49-17-2-4-23-53(49)58-55(47)51)43-15-7-14-42(32-43)41-13-6-12-40(31-41)39-11-5-10-38(30-39)36-24-26-37(27-25-36)46-18-8-20-50-48-16-1-3-22-52(48)57-54(46)50/h1-33H. The van der Waals surface area contributed by atoms with Gasteiger partial charge < -0.3 is 8.83 Å². The summed E-state index contributed by atoms with van der Waals surface area (Å²) in [6, 6.07) is 72.2. The first kappa shape index (κ1) is 33.4. The van der Waals surface area contributed by atoms with Gasteiger partial charge in [-0.25, -0.2) is 0 Å². The van der Waals surface area contributed by atoms with Crippen molar-refractivity contribution >= 4 is 43.9 Å². The van der Waals surface area contributed by atoms with Gasteiger partial charge in [-0.15, -0.1) is 0 Å². The van der Waals surface area contributed by atoms with E-state index >= 15 is 0 Å². The Bertz CT molecular complexity index is 3410. The molecule has 0 saturated heterocycles. The van der Waals surface area contributed by atoms with Gasteiger partial charge in [0.25, 0.3) is 0 Å². The molecule has 0 bridgehead atoms. The summed E-state index contributed by atoms with van der Waals surface area (Å²) >= 11 is 0. The molecule has 3 heteroatoms. The molecule has 0 saturated carbocycles. The summed E-state index contributed by atoms with van der Waals surface area (Å²) in [5, 5.41) is 14.5. The van der Waals surface area contributed by atoms with E-state index in [-0.39, 0.29) is 0 Å². The number of hydrogen-bond donors (Lipinski definition) is 0. The number of para-hydroxylation sites is 4. The minimum Gasteiger partial charge on any atom is -0.455 e. The minimum absolute atomic E-state index is 0.603. The number of benzene rings is 9. The molecule has 58 heavy (non-hydrogen) atoms. The van der Waals surface area contributed by atoms with Gasteiger partial charge in [0.2, 0.25) is 0 Å². The molecule has 0 atom stereocenters. The first-order valence-corrected chi connectivity index (χ1v) is 19.5. The molecule has 2 aromatic heterocycles. The first-order valence-electron chi connectivity index (χ1n) is 19.5. The van der Waals surface area contributed by atoms with Crippen molar-refractivity contribution in [2.75, 3.05) is 0 Å². The molecular weight excluding hydrogens is 707 g/mol. The molecule has 0 amide bonds. The molecule has 0 unspecified atom stereocenters. The fourth-order valence-corrected chi connectivity index (χ4v) is 8.44. The van der Waals surface area contributed by atoms with E-state index in [1.165, 1.54) is 0 Å². The highest BCUT2D eigenvalue weighted by Gasteiger charge is 2.15. The topological polar surface area (TPSA) is 50.1 Å². The quantitative estimate of drug-likeness (QED) is 0.171. The largest absolute Gasteiger partial charge is 0.455 e. The van der Waals surface area contributed by atoms with Crippen molar-refractivity contribution in [2.24, 2.45) is 0 Å². The molecule has 270 valence electrons. The highest BCUT2D eigenvalue weighted by molar-refractivity contribution is 6.10. The van der Waals surface area contributed by atoms with Crippen molar-refractivity contribution in [3.05, 3.63) is 206 Å². The third-order valence-electron chi connectivity index (χ3n) is 11.3. The summed E-state index contributed by atoms with van der Waals surface area (Å²) in [6.45, 7) is 0. The normalized spacial score (nSPS) is 11.4. The van der Waals surface area contributed by atoms with Gasteiger partial charge in [-0.3, -0.25) is 0 Å². The van der Waals surface area contributed by atoms with Gasteiger partial charge in [-0.2, -0.15) is 5.26 Å². The van der Waals surface area contributed by atoms with E-state index in [0.29, 0.717) is 5.56 Å². The SMILES string of the molecule is N#Cc1cc(-c2cccc(-c3cccc(-c4cccc(-c5ccc(-c6cccc7c6oc6ccccc67)cc5)c4)c3)c2)cc(-c2cccc3c2oc2ccccc23)c1. The molecule has 0 N–H and O–H groups in total. The van der Waals surface area contributed by atoms with Gasteiger partial charge in [0, 0.05) is 32.7 Å². The van der Waals surface area contributed by atoms with Crippen LogP contribution in [0.4, 0.5) is 0 Å². The van der Waals surface area contributed by atoms with Crippen molar-refractivity contribution in [1.82, 2.24) is 0 Å². The molecule has 11 rings (SSSR count). The number of nitriles is 1. The lowest BCUT2D eigenvalue weighted by atomic mass is 9.92. The monoisotopic (exact) mass is 739 g/mol. The van der Waals surface area contributed by atoms with Crippen LogP contribution in [-0.4, -0.2) is 0 Å². The first-order chi connectivity index (χ1) is 28.7. The van der Waals surface area contributed by atoms with Crippen LogP contribution in [-0.2, 0) is 0 Å². The molecule has 3 nitrogen and oxygen atoms in total. The zero-order chi connectivity index (χ0) is 38.6. The number of rotatable bonds is 6. The molecule has 0 spiro atoms. The summed E-state index contributed by atoms with van der Waals surface area (Å²) in [6.07, 6.45) is 0. The Morgan fingerprint density at radius 3 is 1.19 bits per heavy atom. The van der Waals surface area contributed by atoms with Crippen LogP contribution in [0.2, 0.25) is 0 Å². The second kappa shape index (κ2) is 13.7. The fourth-order valence-electron chi connectivity index (χ4n) is 8.44. The summed E-state index contributed by atoms with van der Waals surface area (Å²) < 4.78 is 12.7. The maximum absolute atomic E-state index is 10.1. The Morgan fingerprint density at radius 1 is 0.293 bits per heavy atom. The molecule has 0 aliphatic heterocycles. The van der Waals surface area contributed by atoms with E-state index in [0.717, 1.165) is 111 Å². The van der Waals surface area contributed by atoms with E-state index in [9.17, 15) is 5.26 Å². The minimum atomic E-state index is 0.603. The van der Waals surface area contributed by atoms with Crippen LogP contribution in [0.1, 0.15) is 5.56 Å². The molecular formula is C55H33NO2. The zero-order valence-electron chi connectivity index (χ0n) is 31.3. The molecule has 2 heterocycles. The number of nitrogens with zero attached hydrogens (tertiary/aromatic N) is 1. The lowest BCUT2D eigenvalue weighted by molar-refractivity contribution is 0.669. The second-order valence-electron chi connectivity index (χ2n) is 14.8. The van der Waals surface area contributed by atoms with Gasteiger partial charge in [0.1, 0.15) is 22.3 Å². The average molecular weight is 740 g/mol. The van der Waals surface area contributed by atoms with Gasteiger partial charge in [-0.05, 0) is 104 Å². The molecule has 0 radical (unpaired) electrons. The van der Waals surface area contributed by atoms with E-state index in [4.69, 9.17) is 8.83 Å². The van der Waals surface area contributed by atoms with E-state index < -0.39 is 0 Å². The Morgan fingerprint density at radius 2 is 0.672 bits per heavy atom. The van der Waals surface area contributed by atoms with Crippen LogP contribution < -0.4 is 0 Å². The predicted molar refractivity (Wildman–Crippen MR) is 238 cm³/mol. The molecule has 0 aliphatic rings. The van der Waals surface area contributed by atoms with Gasteiger partial charge in [0.05, 0.1) is 11.6 Å². The van der Waals surface area contributed by atoms with Crippen molar-refractivity contribution in [2.45, 2.75) is 0 Å². The summed E-state index contributed by atoms with van der Waals surface area (Å²) in [5.74, 6) is 0. The molecule has 11 aromatic rings. The third-order valence-corrected chi connectivity index (χ3v) is 11.3. The van der Waals surface area contributed by atoms with Crippen LogP contribution in [0, 0.1) is 11.3 Å². The maximum Gasteiger partial charge on any atom is 0.143 e. The smallest absolute Gasteiger partial charge is 0.143 e. The van der Waals surface area contributed by atoms with Crippen LogP contribution in [0.3, 0.4) is 0 Å². The molecule has 9 aromatic carbocycles. The second-order valence-corrected chi connectivity index (χ2v) is 14.8. The fraction of sp³-hybridized carbons (Fsp3) is 0. The lowest BCUT2D eigenvalue weighted by Gasteiger charge is -2.11. The zero-order valence-corrected chi connectivity index (χ0v) is 31.3. The molecule has 0 fully saturated rings. The van der Waals surface area contributed by atoms with Crippen molar-refractivity contribution in [1.29, 1.82) is 5.26 Å². The summed E-state index contributed by atoms with van der Waals surface area (Å²) in [7, 11) is 0. The Hall–Kier alpha value is -7.93. The predicted octanol–water partition coefficient (Wildman–Crippen LogP) is 15.4. The highest BCUT2D eigenvalue weighted by atomic mass is 16.3. The Balaban J connectivity index is 0.901. The number of hydrogen-bond acceptors (Lipinski definition) is 3. The van der Waals surface area contributed by atoms with Crippen molar-refractivity contribution < 1.29 is 8.83 Å². The van der Waals surface area contributed by atoms with Gasteiger partial charge in [0.15, 0.2) is 0 Å². The van der Waals surface area contributed by atoms with Crippen LogP contribution in [0.15, 0.2) is 209 Å². The molecule has 0 aliphatic carbocycles. The summed E-state index contributed by atoms with van der Waals surface area (Å²) in [4.78, 5) is 0. The van der Waals surface area contributed by atoms with Crippen LogP contribution >= 0.6 is 0 Å². The third kappa shape index (κ3) is 5.75.